The van der Waals surface area contributed by atoms with Crippen LogP contribution in [-0.4, -0.2) is 9.91 Å². The molecular weight excluding hydrogens is 394 g/mol. The molecule has 2 aromatic rings. The highest BCUT2D eigenvalue weighted by Gasteiger charge is 2.17. The van der Waals surface area contributed by atoms with Gasteiger partial charge in [0.25, 0.3) is 0 Å². The molecule has 0 fully saturated rings. The molecule has 0 atom stereocenters. The number of hydrogen-bond acceptors (Lipinski definition) is 6. The van der Waals surface area contributed by atoms with Crippen LogP contribution >= 0.6 is 31.9 Å². The first-order valence-corrected chi connectivity index (χ1v) is 6.94. The summed E-state index contributed by atoms with van der Waals surface area (Å²) >= 11 is 6.71. The van der Waals surface area contributed by atoms with Gasteiger partial charge in [-0.3, -0.25) is 10.1 Å². The van der Waals surface area contributed by atoms with Crippen molar-refractivity contribution in [1.29, 1.82) is 0 Å². The Bertz CT molecular complexity index is 665. The van der Waals surface area contributed by atoms with Gasteiger partial charge < -0.3 is 10.7 Å². The van der Waals surface area contributed by atoms with Gasteiger partial charge in [-0.1, -0.05) is 15.9 Å². The molecule has 0 aliphatic carbocycles. The lowest BCUT2D eigenvalue weighted by molar-refractivity contribution is -0.384. The van der Waals surface area contributed by atoms with Crippen molar-refractivity contribution < 1.29 is 4.92 Å². The van der Waals surface area contributed by atoms with Crippen LogP contribution in [-0.2, 0) is 0 Å². The number of hydrazine groups is 1. The smallest absolute Gasteiger partial charge is 0.311 e. The average Bonchev–Trinajstić information content (AvgIpc) is 2.41. The molecule has 20 heavy (non-hydrogen) atoms. The third kappa shape index (κ3) is 3.24. The van der Waals surface area contributed by atoms with Crippen molar-refractivity contribution in [2.75, 3.05) is 10.7 Å². The monoisotopic (exact) mass is 401 g/mol. The maximum atomic E-state index is 11.0. The highest BCUT2D eigenvalue weighted by molar-refractivity contribution is 9.11. The Morgan fingerprint density at radius 3 is 2.60 bits per heavy atom. The summed E-state index contributed by atoms with van der Waals surface area (Å²) in [6.45, 7) is 0. The third-order valence-electron chi connectivity index (χ3n) is 2.40. The summed E-state index contributed by atoms with van der Waals surface area (Å²) in [7, 11) is 0. The number of nitrogens with one attached hydrogen (secondary N) is 2. The first-order valence-electron chi connectivity index (χ1n) is 5.35. The number of anilines is 3. The van der Waals surface area contributed by atoms with Crippen LogP contribution in [0.4, 0.5) is 23.0 Å². The number of halogens is 2. The molecule has 2 rings (SSSR count). The Kier molecular flexibility index (Phi) is 4.53. The first-order chi connectivity index (χ1) is 9.51. The number of nitro groups is 1. The molecule has 104 valence electrons. The van der Waals surface area contributed by atoms with Crippen LogP contribution in [0.5, 0.6) is 0 Å². The van der Waals surface area contributed by atoms with E-state index in [1.54, 1.807) is 6.07 Å². The van der Waals surface area contributed by atoms with Crippen molar-refractivity contribution in [3.63, 3.8) is 0 Å². The van der Waals surface area contributed by atoms with Crippen molar-refractivity contribution in [1.82, 2.24) is 4.98 Å². The molecule has 9 heteroatoms. The zero-order chi connectivity index (χ0) is 14.7. The van der Waals surface area contributed by atoms with E-state index < -0.39 is 4.92 Å². The highest BCUT2D eigenvalue weighted by atomic mass is 79.9. The van der Waals surface area contributed by atoms with Crippen LogP contribution in [0.25, 0.3) is 0 Å². The summed E-state index contributed by atoms with van der Waals surface area (Å²) in [6.07, 6.45) is 0. The zero-order valence-corrected chi connectivity index (χ0v) is 13.1. The molecule has 0 saturated carbocycles. The lowest BCUT2D eigenvalue weighted by Gasteiger charge is -2.09. The topological polar surface area (TPSA) is 106 Å². The summed E-state index contributed by atoms with van der Waals surface area (Å²) in [6, 6.07) is 8.16. The minimum atomic E-state index is -0.512. The summed E-state index contributed by atoms with van der Waals surface area (Å²) in [5, 5.41) is 13.9. The summed E-state index contributed by atoms with van der Waals surface area (Å²) in [4.78, 5) is 14.5. The number of pyridine rings is 1. The number of benzene rings is 1. The second-order valence-electron chi connectivity index (χ2n) is 3.71. The molecular formula is C11H9Br2N5O2. The van der Waals surface area contributed by atoms with Gasteiger partial charge in [0.2, 0.25) is 5.82 Å². The Hall–Kier alpha value is -1.71. The van der Waals surface area contributed by atoms with Crippen LogP contribution in [0.1, 0.15) is 0 Å². The van der Waals surface area contributed by atoms with Gasteiger partial charge in [0.15, 0.2) is 0 Å². The van der Waals surface area contributed by atoms with Gasteiger partial charge in [0.1, 0.15) is 5.82 Å². The maximum absolute atomic E-state index is 11.0. The molecule has 0 aliphatic heterocycles. The van der Waals surface area contributed by atoms with Crippen molar-refractivity contribution >= 4 is 54.9 Å². The van der Waals surface area contributed by atoms with Crippen molar-refractivity contribution in [2.24, 2.45) is 5.84 Å². The molecule has 1 aromatic heterocycles. The Balaban J connectivity index is 2.43. The Morgan fingerprint density at radius 2 is 2.00 bits per heavy atom. The van der Waals surface area contributed by atoms with Gasteiger partial charge >= 0.3 is 5.69 Å². The lowest BCUT2D eigenvalue weighted by Crippen LogP contribution is -2.10. The van der Waals surface area contributed by atoms with Crippen LogP contribution < -0.4 is 16.6 Å². The number of hydrogen-bond donors (Lipinski definition) is 3. The molecule has 4 N–H and O–H groups in total. The molecule has 0 radical (unpaired) electrons. The summed E-state index contributed by atoms with van der Waals surface area (Å²) in [5.41, 5.74) is 2.86. The van der Waals surface area contributed by atoms with Gasteiger partial charge in [-0.15, -0.1) is 0 Å². The molecule has 0 unspecified atom stereocenters. The molecule has 1 aromatic carbocycles. The van der Waals surface area contributed by atoms with Crippen LogP contribution in [0, 0.1) is 10.1 Å². The zero-order valence-electron chi connectivity index (χ0n) is 9.93. The fourth-order valence-corrected chi connectivity index (χ4v) is 2.64. The van der Waals surface area contributed by atoms with Gasteiger partial charge in [0.05, 0.1) is 10.6 Å². The minimum Gasteiger partial charge on any atom is -0.333 e. The Morgan fingerprint density at radius 1 is 1.25 bits per heavy atom. The van der Waals surface area contributed by atoms with E-state index in [1.165, 1.54) is 12.1 Å². The standard InChI is InChI=1S/C11H9Br2N5O2/c12-6-1-2-8(7(13)5-6)15-11-9(18(19)20)3-4-10(16-11)17-14/h1-5H,14H2,(H2,15,16,17). The minimum absolute atomic E-state index is 0.105. The number of aromatic nitrogens is 1. The summed E-state index contributed by atoms with van der Waals surface area (Å²) in [5.74, 6) is 5.69. The van der Waals surface area contributed by atoms with E-state index in [-0.39, 0.29) is 11.5 Å². The highest BCUT2D eigenvalue weighted by Crippen LogP contribution is 2.32. The average molecular weight is 403 g/mol. The number of nitrogen functional groups attached to an aromatic ring is 1. The molecule has 7 nitrogen and oxygen atoms in total. The van der Waals surface area contributed by atoms with Gasteiger partial charge in [-0.25, -0.2) is 10.8 Å². The number of nitrogens with two attached hydrogens (primary N) is 1. The van der Waals surface area contributed by atoms with E-state index in [0.29, 0.717) is 11.5 Å². The molecule has 1 heterocycles. The quantitative estimate of drug-likeness (QED) is 0.410. The van der Waals surface area contributed by atoms with Gasteiger partial charge in [0, 0.05) is 15.0 Å². The van der Waals surface area contributed by atoms with Crippen LogP contribution in [0.15, 0.2) is 39.3 Å². The van der Waals surface area contributed by atoms with Crippen molar-refractivity contribution in [3.8, 4) is 0 Å². The summed E-state index contributed by atoms with van der Waals surface area (Å²) < 4.78 is 1.63. The van der Waals surface area contributed by atoms with Crippen molar-refractivity contribution in [2.45, 2.75) is 0 Å². The fourth-order valence-electron chi connectivity index (χ4n) is 1.49. The SMILES string of the molecule is NNc1ccc([N+](=O)[O-])c(Nc2ccc(Br)cc2Br)n1. The predicted octanol–water partition coefficient (Wildman–Crippen LogP) is 3.54. The van der Waals surface area contributed by atoms with E-state index in [9.17, 15) is 10.1 Å². The number of rotatable bonds is 4. The molecule has 0 bridgehead atoms. The lowest BCUT2D eigenvalue weighted by atomic mass is 10.3. The second kappa shape index (κ2) is 6.16. The molecule has 0 aliphatic rings. The molecule has 0 spiro atoms. The maximum Gasteiger partial charge on any atom is 0.311 e. The van der Waals surface area contributed by atoms with E-state index >= 15 is 0 Å². The third-order valence-corrected chi connectivity index (χ3v) is 3.55. The van der Waals surface area contributed by atoms with E-state index in [0.717, 1.165) is 8.95 Å². The molecule has 0 saturated heterocycles. The Labute approximate surface area is 131 Å². The van der Waals surface area contributed by atoms with E-state index in [2.05, 4.69) is 47.6 Å². The molecule has 0 amide bonds. The first kappa shape index (κ1) is 14.7. The van der Waals surface area contributed by atoms with Crippen LogP contribution in [0.2, 0.25) is 0 Å². The van der Waals surface area contributed by atoms with E-state index in [1.807, 2.05) is 12.1 Å². The fraction of sp³-hybridized carbons (Fsp3) is 0. The second-order valence-corrected chi connectivity index (χ2v) is 5.48. The predicted molar refractivity (Wildman–Crippen MR) is 83.8 cm³/mol. The van der Waals surface area contributed by atoms with Gasteiger partial charge in [-0.05, 0) is 40.2 Å². The van der Waals surface area contributed by atoms with Crippen LogP contribution in [0.3, 0.4) is 0 Å². The number of nitrogens with zero attached hydrogens (tertiary/aromatic N) is 2. The van der Waals surface area contributed by atoms with Crippen molar-refractivity contribution in [3.05, 3.63) is 49.4 Å². The van der Waals surface area contributed by atoms with E-state index in [4.69, 9.17) is 5.84 Å². The van der Waals surface area contributed by atoms with Gasteiger partial charge in [-0.2, -0.15) is 0 Å². The normalized spacial score (nSPS) is 10.2. The largest absolute Gasteiger partial charge is 0.333 e.